The van der Waals surface area contributed by atoms with Gasteiger partial charge < -0.3 is 10.6 Å². The number of carbonyl (C=O) groups excluding carboxylic acids is 1. The van der Waals surface area contributed by atoms with E-state index < -0.39 is 0 Å². The van der Waals surface area contributed by atoms with Crippen LogP contribution < -0.4 is 10.6 Å². The van der Waals surface area contributed by atoms with Crippen molar-refractivity contribution in [1.29, 1.82) is 0 Å². The van der Waals surface area contributed by atoms with Crippen molar-refractivity contribution in [3.05, 3.63) is 27.7 Å². The number of piperidine rings is 1. The fraction of sp³-hybridized carbons (Fsp3) is 0.533. The van der Waals surface area contributed by atoms with Gasteiger partial charge in [0.2, 0.25) is 5.91 Å². The van der Waals surface area contributed by atoms with Crippen molar-refractivity contribution in [2.45, 2.75) is 32.6 Å². The standard InChI is InChI=1S/C15H20BrClN2O/c1-2-5-15(6-8-18-9-7-15)14(20)19-13-10-11(16)3-4-12(13)17/h3-4,10,18H,2,5-9H2,1H3,(H,19,20). The minimum absolute atomic E-state index is 0.0980. The van der Waals surface area contributed by atoms with Gasteiger partial charge in [-0.1, -0.05) is 40.9 Å². The molecule has 0 bridgehead atoms. The van der Waals surface area contributed by atoms with Crippen LogP contribution in [0.15, 0.2) is 22.7 Å². The summed E-state index contributed by atoms with van der Waals surface area (Å²) in [4.78, 5) is 12.7. The average Bonchev–Trinajstić information content (AvgIpc) is 2.44. The molecule has 1 fully saturated rings. The van der Waals surface area contributed by atoms with Gasteiger partial charge in [-0.3, -0.25) is 4.79 Å². The summed E-state index contributed by atoms with van der Waals surface area (Å²) < 4.78 is 0.909. The van der Waals surface area contributed by atoms with Crippen LogP contribution in [0.2, 0.25) is 5.02 Å². The zero-order chi connectivity index (χ0) is 14.6. The molecule has 0 aliphatic carbocycles. The van der Waals surface area contributed by atoms with E-state index in [-0.39, 0.29) is 11.3 Å². The molecule has 0 unspecified atom stereocenters. The number of carbonyl (C=O) groups is 1. The summed E-state index contributed by atoms with van der Waals surface area (Å²) in [6.45, 7) is 3.93. The van der Waals surface area contributed by atoms with Crippen LogP contribution in [0.1, 0.15) is 32.6 Å². The molecule has 1 heterocycles. The van der Waals surface area contributed by atoms with E-state index >= 15 is 0 Å². The number of benzene rings is 1. The van der Waals surface area contributed by atoms with Crippen LogP contribution in [0.4, 0.5) is 5.69 Å². The third kappa shape index (κ3) is 3.54. The maximum Gasteiger partial charge on any atom is 0.230 e. The second-order valence-electron chi connectivity index (χ2n) is 5.36. The van der Waals surface area contributed by atoms with Crippen LogP contribution in [-0.4, -0.2) is 19.0 Å². The van der Waals surface area contributed by atoms with Crippen molar-refractivity contribution >= 4 is 39.1 Å². The predicted octanol–water partition coefficient (Wildman–Crippen LogP) is 4.21. The molecule has 5 heteroatoms. The molecule has 2 rings (SSSR count). The van der Waals surface area contributed by atoms with Crippen molar-refractivity contribution in [2.75, 3.05) is 18.4 Å². The molecule has 1 aliphatic heterocycles. The highest BCUT2D eigenvalue weighted by molar-refractivity contribution is 9.10. The van der Waals surface area contributed by atoms with E-state index in [1.807, 2.05) is 12.1 Å². The third-order valence-electron chi connectivity index (χ3n) is 3.95. The van der Waals surface area contributed by atoms with Gasteiger partial charge in [0.25, 0.3) is 0 Å². The Bertz CT molecular complexity index is 481. The van der Waals surface area contributed by atoms with Crippen LogP contribution in [0.3, 0.4) is 0 Å². The van der Waals surface area contributed by atoms with Crippen LogP contribution >= 0.6 is 27.5 Å². The van der Waals surface area contributed by atoms with Crippen molar-refractivity contribution in [1.82, 2.24) is 5.32 Å². The first-order valence-electron chi connectivity index (χ1n) is 7.04. The Morgan fingerprint density at radius 1 is 1.45 bits per heavy atom. The van der Waals surface area contributed by atoms with Gasteiger partial charge in [-0.05, 0) is 50.6 Å². The molecule has 110 valence electrons. The zero-order valence-corrected chi connectivity index (χ0v) is 14.0. The van der Waals surface area contributed by atoms with E-state index in [0.29, 0.717) is 10.7 Å². The number of nitrogens with one attached hydrogen (secondary N) is 2. The molecule has 0 saturated carbocycles. The molecule has 1 amide bonds. The van der Waals surface area contributed by atoms with E-state index in [4.69, 9.17) is 11.6 Å². The van der Waals surface area contributed by atoms with Crippen molar-refractivity contribution < 1.29 is 4.79 Å². The molecular formula is C15H20BrClN2O. The quantitative estimate of drug-likeness (QED) is 0.845. The minimum atomic E-state index is -0.258. The van der Waals surface area contributed by atoms with Gasteiger partial charge in [-0.15, -0.1) is 0 Å². The van der Waals surface area contributed by atoms with Crippen LogP contribution in [0.25, 0.3) is 0 Å². The first-order chi connectivity index (χ1) is 9.57. The molecule has 2 N–H and O–H groups in total. The Hall–Kier alpha value is -0.580. The molecule has 1 aliphatic rings. The fourth-order valence-electron chi connectivity index (χ4n) is 2.82. The van der Waals surface area contributed by atoms with Gasteiger partial charge in [0.15, 0.2) is 0 Å². The van der Waals surface area contributed by atoms with Crippen LogP contribution in [0, 0.1) is 5.41 Å². The van der Waals surface area contributed by atoms with E-state index in [1.165, 1.54) is 0 Å². The minimum Gasteiger partial charge on any atom is -0.324 e. The highest BCUT2D eigenvalue weighted by Crippen LogP contribution is 2.36. The summed E-state index contributed by atoms with van der Waals surface area (Å²) in [5.41, 5.74) is 0.422. The predicted molar refractivity (Wildman–Crippen MR) is 87.2 cm³/mol. The molecule has 0 spiro atoms. The van der Waals surface area contributed by atoms with Gasteiger partial charge in [-0.25, -0.2) is 0 Å². The van der Waals surface area contributed by atoms with Crippen molar-refractivity contribution in [3.63, 3.8) is 0 Å². The highest BCUT2D eigenvalue weighted by Gasteiger charge is 2.38. The second-order valence-corrected chi connectivity index (χ2v) is 6.68. The Morgan fingerprint density at radius 2 is 2.15 bits per heavy atom. The zero-order valence-electron chi connectivity index (χ0n) is 11.6. The van der Waals surface area contributed by atoms with Crippen molar-refractivity contribution in [2.24, 2.45) is 5.41 Å². The van der Waals surface area contributed by atoms with E-state index in [1.54, 1.807) is 6.07 Å². The molecule has 1 saturated heterocycles. The maximum absolute atomic E-state index is 12.7. The number of anilines is 1. The lowest BCUT2D eigenvalue weighted by Crippen LogP contribution is -2.44. The Balaban J connectivity index is 2.18. The number of hydrogen-bond donors (Lipinski definition) is 2. The number of hydrogen-bond acceptors (Lipinski definition) is 2. The van der Waals surface area contributed by atoms with Gasteiger partial charge in [0.1, 0.15) is 0 Å². The SMILES string of the molecule is CCCC1(C(=O)Nc2cc(Br)ccc2Cl)CCNCC1. The summed E-state index contributed by atoms with van der Waals surface area (Å²) >= 11 is 9.56. The summed E-state index contributed by atoms with van der Waals surface area (Å²) in [5.74, 6) is 0.0980. The molecule has 20 heavy (non-hydrogen) atoms. The first-order valence-corrected chi connectivity index (χ1v) is 8.22. The second kappa shape index (κ2) is 6.92. The lowest BCUT2D eigenvalue weighted by atomic mass is 9.74. The van der Waals surface area contributed by atoms with Crippen LogP contribution in [-0.2, 0) is 4.79 Å². The largest absolute Gasteiger partial charge is 0.324 e. The smallest absolute Gasteiger partial charge is 0.230 e. The Morgan fingerprint density at radius 3 is 2.80 bits per heavy atom. The van der Waals surface area contributed by atoms with Gasteiger partial charge in [-0.2, -0.15) is 0 Å². The van der Waals surface area contributed by atoms with Gasteiger partial charge in [0.05, 0.1) is 16.1 Å². The summed E-state index contributed by atoms with van der Waals surface area (Å²) in [5, 5.41) is 6.91. The molecular weight excluding hydrogens is 340 g/mol. The molecule has 3 nitrogen and oxygen atoms in total. The Kier molecular flexibility index (Phi) is 5.47. The van der Waals surface area contributed by atoms with Crippen LogP contribution in [0.5, 0.6) is 0 Å². The Labute approximate surface area is 133 Å². The van der Waals surface area contributed by atoms with Gasteiger partial charge in [0, 0.05) is 4.47 Å². The number of rotatable bonds is 4. The highest BCUT2D eigenvalue weighted by atomic mass is 79.9. The van der Waals surface area contributed by atoms with E-state index in [0.717, 1.165) is 43.2 Å². The normalized spacial score (nSPS) is 17.8. The summed E-state index contributed by atoms with van der Waals surface area (Å²) in [6.07, 6.45) is 3.71. The maximum atomic E-state index is 12.7. The van der Waals surface area contributed by atoms with Gasteiger partial charge >= 0.3 is 0 Å². The molecule has 0 aromatic heterocycles. The topological polar surface area (TPSA) is 41.1 Å². The molecule has 1 aromatic rings. The first kappa shape index (κ1) is 15.8. The van der Waals surface area contributed by atoms with E-state index in [9.17, 15) is 4.79 Å². The number of amides is 1. The monoisotopic (exact) mass is 358 g/mol. The third-order valence-corrected chi connectivity index (χ3v) is 4.77. The molecule has 0 radical (unpaired) electrons. The average molecular weight is 360 g/mol. The fourth-order valence-corrected chi connectivity index (χ4v) is 3.35. The van der Waals surface area contributed by atoms with E-state index in [2.05, 4.69) is 33.5 Å². The lowest BCUT2D eigenvalue weighted by Gasteiger charge is -2.36. The number of halogens is 2. The summed E-state index contributed by atoms with van der Waals surface area (Å²) in [7, 11) is 0. The van der Waals surface area contributed by atoms with Crippen molar-refractivity contribution in [3.8, 4) is 0 Å². The lowest BCUT2D eigenvalue weighted by molar-refractivity contribution is -0.127. The summed E-state index contributed by atoms with van der Waals surface area (Å²) in [6, 6.07) is 5.50. The molecule has 1 aromatic carbocycles. The molecule has 0 atom stereocenters.